The van der Waals surface area contributed by atoms with Gasteiger partial charge in [0.1, 0.15) is 0 Å². The molecular formula is C16H16N2O3. The van der Waals surface area contributed by atoms with Gasteiger partial charge in [0.05, 0.1) is 6.61 Å². The molecule has 0 aliphatic heterocycles. The van der Waals surface area contributed by atoms with E-state index in [2.05, 4.69) is 5.32 Å². The quantitative estimate of drug-likeness (QED) is 0.770. The van der Waals surface area contributed by atoms with E-state index < -0.39 is 5.91 Å². The summed E-state index contributed by atoms with van der Waals surface area (Å²) in [6.07, 6.45) is 0. The second-order valence-electron chi connectivity index (χ2n) is 4.60. The normalized spacial score (nSPS) is 10.1. The van der Waals surface area contributed by atoms with Crippen LogP contribution in [0.3, 0.4) is 0 Å². The van der Waals surface area contributed by atoms with Gasteiger partial charge in [0, 0.05) is 17.7 Å². The fraction of sp³-hybridized carbons (Fsp3) is 0.125. The number of hydrogen-bond acceptors (Lipinski definition) is 3. The van der Waals surface area contributed by atoms with Crippen LogP contribution in [0.2, 0.25) is 0 Å². The van der Waals surface area contributed by atoms with Crippen LogP contribution in [-0.2, 0) is 13.2 Å². The maximum Gasteiger partial charge on any atom is 0.251 e. The highest BCUT2D eigenvalue weighted by atomic mass is 16.3. The molecule has 0 fully saturated rings. The second kappa shape index (κ2) is 6.67. The molecule has 5 heteroatoms. The summed E-state index contributed by atoms with van der Waals surface area (Å²) in [5.74, 6) is -0.761. The molecule has 108 valence electrons. The zero-order valence-electron chi connectivity index (χ0n) is 11.4. The molecule has 2 rings (SSSR count). The Balaban J connectivity index is 1.99. The van der Waals surface area contributed by atoms with E-state index in [1.807, 2.05) is 24.3 Å². The number of carbonyl (C=O) groups excluding carboxylic acids is 2. The van der Waals surface area contributed by atoms with Gasteiger partial charge >= 0.3 is 0 Å². The summed E-state index contributed by atoms with van der Waals surface area (Å²) < 4.78 is 0. The molecule has 4 N–H and O–H groups in total. The maximum atomic E-state index is 12.0. The second-order valence-corrected chi connectivity index (χ2v) is 4.60. The lowest BCUT2D eigenvalue weighted by atomic mass is 10.1. The highest BCUT2D eigenvalue weighted by Crippen LogP contribution is 2.07. The van der Waals surface area contributed by atoms with Crippen LogP contribution in [0, 0.1) is 0 Å². The summed E-state index contributed by atoms with van der Waals surface area (Å²) >= 11 is 0. The summed E-state index contributed by atoms with van der Waals surface area (Å²) in [5.41, 5.74) is 7.67. The third-order valence-corrected chi connectivity index (χ3v) is 3.06. The van der Waals surface area contributed by atoms with Gasteiger partial charge in [-0.3, -0.25) is 9.59 Å². The van der Waals surface area contributed by atoms with E-state index in [1.165, 1.54) is 12.1 Å². The number of aliphatic hydroxyl groups excluding tert-OH is 1. The standard InChI is InChI=1S/C16H16N2O3/c17-15(20)13-4-6-14(7-5-13)16(21)18-9-11-2-1-3-12(8-11)10-19/h1-8,19H,9-10H2,(H2,17,20)(H,18,21). The number of carbonyl (C=O) groups is 2. The lowest BCUT2D eigenvalue weighted by molar-refractivity contribution is 0.0948. The number of hydrogen-bond donors (Lipinski definition) is 3. The van der Waals surface area contributed by atoms with Crippen molar-refractivity contribution in [2.45, 2.75) is 13.2 Å². The van der Waals surface area contributed by atoms with Crippen molar-refractivity contribution in [3.63, 3.8) is 0 Å². The Labute approximate surface area is 122 Å². The highest BCUT2D eigenvalue weighted by molar-refractivity contribution is 5.97. The minimum absolute atomic E-state index is 0.0314. The topological polar surface area (TPSA) is 92.4 Å². The zero-order chi connectivity index (χ0) is 15.2. The molecule has 5 nitrogen and oxygen atoms in total. The highest BCUT2D eigenvalue weighted by Gasteiger charge is 2.07. The van der Waals surface area contributed by atoms with Crippen molar-refractivity contribution >= 4 is 11.8 Å². The van der Waals surface area contributed by atoms with E-state index in [0.29, 0.717) is 17.7 Å². The predicted octanol–water partition coefficient (Wildman–Crippen LogP) is 1.21. The van der Waals surface area contributed by atoms with Gasteiger partial charge in [-0.2, -0.15) is 0 Å². The molecule has 2 amide bonds. The molecule has 0 aliphatic carbocycles. The van der Waals surface area contributed by atoms with Crippen LogP contribution in [0.5, 0.6) is 0 Å². The van der Waals surface area contributed by atoms with Gasteiger partial charge in [0.25, 0.3) is 5.91 Å². The van der Waals surface area contributed by atoms with Crippen LogP contribution < -0.4 is 11.1 Å². The van der Waals surface area contributed by atoms with Crippen LogP contribution in [0.4, 0.5) is 0 Å². The number of rotatable bonds is 5. The van der Waals surface area contributed by atoms with Crippen molar-refractivity contribution < 1.29 is 14.7 Å². The number of nitrogens with two attached hydrogens (primary N) is 1. The fourth-order valence-electron chi connectivity index (χ4n) is 1.91. The van der Waals surface area contributed by atoms with Crippen molar-refractivity contribution in [3.8, 4) is 0 Å². The van der Waals surface area contributed by atoms with Gasteiger partial charge in [-0.15, -0.1) is 0 Å². The molecule has 0 saturated heterocycles. The molecule has 0 unspecified atom stereocenters. The summed E-state index contributed by atoms with van der Waals surface area (Å²) in [5, 5.41) is 11.8. The van der Waals surface area contributed by atoms with E-state index in [9.17, 15) is 9.59 Å². The molecule has 2 aromatic carbocycles. The van der Waals surface area contributed by atoms with Gasteiger partial charge in [-0.05, 0) is 35.4 Å². The third kappa shape index (κ3) is 3.90. The molecule has 0 atom stereocenters. The molecule has 0 aliphatic rings. The van der Waals surface area contributed by atoms with Gasteiger partial charge < -0.3 is 16.2 Å². The minimum Gasteiger partial charge on any atom is -0.392 e. The van der Waals surface area contributed by atoms with Gasteiger partial charge in [0.15, 0.2) is 0 Å². The number of primary amides is 1. The van der Waals surface area contributed by atoms with E-state index in [4.69, 9.17) is 10.8 Å². The molecule has 2 aromatic rings. The van der Waals surface area contributed by atoms with Crippen LogP contribution in [0.1, 0.15) is 31.8 Å². The number of benzene rings is 2. The lowest BCUT2D eigenvalue weighted by Crippen LogP contribution is -2.23. The SMILES string of the molecule is NC(=O)c1ccc(C(=O)NCc2cccc(CO)c2)cc1. The Bertz CT molecular complexity index is 651. The monoisotopic (exact) mass is 284 g/mol. The number of nitrogens with one attached hydrogen (secondary N) is 1. The van der Waals surface area contributed by atoms with E-state index in [-0.39, 0.29) is 12.5 Å². The molecule has 0 heterocycles. The van der Waals surface area contributed by atoms with E-state index in [0.717, 1.165) is 11.1 Å². The smallest absolute Gasteiger partial charge is 0.251 e. The number of aliphatic hydroxyl groups is 1. The molecule has 0 aromatic heterocycles. The predicted molar refractivity (Wildman–Crippen MR) is 78.5 cm³/mol. The molecule has 0 radical (unpaired) electrons. The molecule has 0 saturated carbocycles. The summed E-state index contributed by atoms with van der Waals surface area (Å²) in [4.78, 5) is 22.9. The first-order valence-corrected chi connectivity index (χ1v) is 6.47. The first kappa shape index (κ1) is 14.7. The Morgan fingerprint density at radius 3 is 2.24 bits per heavy atom. The summed E-state index contributed by atoms with van der Waals surface area (Å²) in [6, 6.07) is 13.5. The first-order valence-electron chi connectivity index (χ1n) is 6.47. The number of amides is 2. The Morgan fingerprint density at radius 2 is 1.62 bits per heavy atom. The fourth-order valence-corrected chi connectivity index (χ4v) is 1.91. The van der Waals surface area contributed by atoms with Crippen LogP contribution in [0.15, 0.2) is 48.5 Å². The van der Waals surface area contributed by atoms with Crippen molar-refractivity contribution in [2.75, 3.05) is 0 Å². The van der Waals surface area contributed by atoms with Crippen molar-refractivity contribution in [1.29, 1.82) is 0 Å². The Morgan fingerprint density at radius 1 is 1.00 bits per heavy atom. The van der Waals surface area contributed by atoms with Gasteiger partial charge in [-0.25, -0.2) is 0 Å². The molecule has 0 spiro atoms. The third-order valence-electron chi connectivity index (χ3n) is 3.06. The Kier molecular flexibility index (Phi) is 4.68. The van der Waals surface area contributed by atoms with Crippen molar-refractivity contribution in [1.82, 2.24) is 5.32 Å². The molecule has 0 bridgehead atoms. The van der Waals surface area contributed by atoms with Crippen LogP contribution in [-0.4, -0.2) is 16.9 Å². The largest absolute Gasteiger partial charge is 0.392 e. The zero-order valence-corrected chi connectivity index (χ0v) is 11.4. The van der Waals surface area contributed by atoms with E-state index in [1.54, 1.807) is 12.1 Å². The summed E-state index contributed by atoms with van der Waals surface area (Å²) in [7, 11) is 0. The average molecular weight is 284 g/mol. The van der Waals surface area contributed by atoms with Crippen LogP contribution in [0.25, 0.3) is 0 Å². The van der Waals surface area contributed by atoms with Gasteiger partial charge in [-0.1, -0.05) is 24.3 Å². The first-order chi connectivity index (χ1) is 10.1. The maximum absolute atomic E-state index is 12.0. The lowest BCUT2D eigenvalue weighted by Gasteiger charge is -2.07. The average Bonchev–Trinajstić information content (AvgIpc) is 2.53. The molecular weight excluding hydrogens is 268 g/mol. The Hall–Kier alpha value is -2.66. The van der Waals surface area contributed by atoms with Crippen molar-refractivity contribution in [3.05, 3.63) is 70.8 Å². The van der Waals surface area contributed by atoms with E-state index >= 15 is 0 Å². The van der Waals surface area contributed by atoms with Gasteiger partial charge in [0.2, 0.25) is 5.91 Å². The van der Waals surface area contributed by atoms with Crippen LogP contribution >= 0.6 is 0 Å². The van der Waals surface area contributed by atoms with Crippen molar-refractivity contribution in [2.24, 2.45) is 5.73 Å². The molecule has 21 heavy (non-hydrogen) atoms. The summed E-state index contributed by atoms with van der Waals surface area (Å²) in [6.45, 7) is 0.334. The minimum atomic E-state index is -0.525.